The monoisotopic (exact) mass is 329 g/mol. The summed E-state index contributed by atoms with van der Waals surface area (Å²) < 4.78 is 13.1. The van der Waals surface area contributed by atoms with Crippen LogP contribution in [0.2, 0.25) is 0 Å². The maximum absolute atomic E-state index is 13.1. The molecule has 1 aromatic carbocycles. The largest absolute Gasteiger partial charge is 0.315 e. The molecule has 6 heteroatoms. The first-order valence-corrected chi connectivity index (χ1v) is 8.32. The van der Waals surface area contributed by atoms with Gasteiger partial charge in [0.15, 0.2) is 0 Å². The van der Waals surface area contributed by atoms with Crippen LogP contribution in [0, 0.1) is 17.1 Å². The quantitative estimate of drug-likeness (QED) is 0.933. The lowest BCUT2D eigenvalue weighted by Crippen LogP contribution is -2.32. The third-order valence-electron chi connectivity index (χ3n) is 4.00. The van der Waals surface area contributed by atoms with Crippen molar-refractivity contribution in [1.29, 1.82) is 5.26 Å². The number of benzene rings is 1. The van der Waals surface area contributed by atoms with Crippen molar-refractivity contribution < 1.29 is 9.18 Å². The highest BCUT2D eigenvalue weighted by Crippen LogP contribution is 2.32. The van der Waals surface area contributed by atoms with Crippen LogP contribution in [0.3, 0.4) is 0 Å². The molecule has 3 rings (SSSR count). The normalized spacial score (nSPS) is 17.8. The molecule has 0 aliphatic carbocycles. The highest BCUT2D eigenvalue weighted by molar-refractivity contribution is 7.14. The summed E-state index contributed by atoms with van der Waals surface area (Å²) in [4.78, 5) is 14.3. The van der Waals surface area contributed by atoms with Gasteiger partial charge in [-0.25, -0.2) is 4.39 Å². The highest BCUT2D eigenvalue weighted by atomic mass is 32.1. The Bertz CT molecular complexity index is 735. The highest BCUT2D eigenvalue weighted by Gasteiger charge is 2.27. The van der Waals surface area contributed by atoms with Gasteiger partial charge in [0, 0.05) is 6.04 Å². The number of carbonyl (C=O) groups excluding carboxylic acids is 1. The molecule has 4 nitrogen and oxygen atoms in total. The van der Waals surface area contributed by atoms with Crippen LogP contribution in [-0.4, -0.2) is 23.9 Å². The van der Waals surface area contributed by atoms with Crippen molar-refractivity contribution in [2.75, 3.05) is 18.4 Å². The van der Waals surface area contributed by atoms with E-state index in [1.165, 1.54) is 23.5 Å². The van der Waals surface area contributed by atoms with Crippen LogP contribution in [0.5, 0.6) is 0 Å². The van der Waals surface area contributed by atoms with E-state index in [0.717, 1.165) is 24.9 Å². The Morgan fingerprint density at radius 1 is 1.39 bits per heavy atom. The lowest BCUT2D eigenvalue weighted by molar-refractivity contribution is -0.117. The number of carbonyl (C=O) groups is 1. The topological polar surface area (TPSA) is 56.1 Å². The molecule has 2 heterocycles. The lowest BCUT2D eigenvalue weighted by Gasteiger charge is -2.24. The first kappa shape index (κ1) is 15.7. The molecule has 1 N–H and O–H groups in total. The Labute approximate surface area is 138 Å². The minimum Gasteiger partial charge on any atom is -0.315 e. The average molecular weight is 329 g/mol. The predicted octanol–water partition coefficient (Wildman–Crippen LogP) is 3.53. The van der Waals surface area contributed by atoms with Gasteiger partial charge >= 0.3 is 0 Å². The van der Waals surface area contributed by atoms with E-state index < -0.39 is 0 Å². The third-order valence-corrected chi connectivity index (χ3v) is 4.83. The molecule has 0 unspecified atom stereocenters. The maximum atomic E-state index is 13.1. The summed E-state index contributed by atoms with van der Waals surface area (Å²) in [6, 6.07) is 10.4. The number of nitrogens with one attached hydrogen (secondary N) is 1. The number of amides is 1. The van der Waals surface area contributed by atoms with Crippen molar-refractivity contribution in [1.82, 2.24) is 4.90 Å². The van der Waals surface area contributed by atoms with E-state index in [1.54, 1.807) is 23.6 Å². The van der Waals surface area contributed by atoms with E-state index in [2.05, 4.69) is 16.3 Å². The first-order chi connectivity index (χ1) is 11.2. The van der Waals surface area contributed by atoms with Crippen LogP contribution in [-0.2, 0) is 4.79 Å². The molecular weight excluding hydrogens is 313 g/mol. The van der Waals surface area contributed by atoms with E-state index in [4.69, 9.17) is 5.26 Å². The van der Waals surface area contributed by atoms with E-state index in [0.29, 0.717) is 10.6 Å². The summed E-state index contributed by atoms with van der Waals surface area (Å²) in [5.74, 6) is -0.379. The van der Waals surface area contributed by atoms with Crippen molar-refractivity contribution in [3.8, 4) is 6.07 Å². The molecule has 118 valence electrons. The van der Waals surface area contributed by atoms with Crippen LogP contribution in [0.1, 0.15) is 30.0 Å². The number of hydrogen-bond donors (Lipinski definition) is 1. The Morgan fingerprint density at radius 3 is 2.91 bits per heavy atom. The number of thiophene rings is 1. The molecule has 23 heavy (non-hydrogen) atoms. The van der Waals surface area contributed by atoms with Gasteiger partial charge in [-0.15, -0.1) is 11.3 Å². The minimum atomic E-state index is -0.252. The Morgan fingerprint density at radius 2 is 2.17 bits per heavy atom. The summed E-state index contributed by atoms with van der Waals surface area (Å²) in [6.45, 7) is 1.11. The molecule has 0 saturated carbocycles. The van der Waals surface area contributed by atoms with E-state index >= 15 is 0 Å². The van der Waals surface area contributed by atoms with Gasteiger partial charge in [-0.3, -0.25) is 9.69 Å². The number of nitrogens with zero attached hydrogens (tertiary/aromatic N) is 2. The molecule has 0 bridgehead atoms. The number of anilines is 1. The van der Waals surface area contributed by atoms with Crippen molar-refractivity contribution in [2.24, 2.45) is 0 Å². The summed E-state index contributed by atoms with van der Waals surface area (Å²) in [7, 11) is 0. The minimum absolute atomic E-state index is 0.127. The second-order valence-corrected chi connectivity index (χ2v) is 6.42. The summed E-state index contributed by atoms with van der Waals surface area (Å²) >= 11 is 1.34. The van der Waals surface area contributed by atoms with Crippen molar-refractivity contribution in [2.45, 2.75) is 18.9 Å². The number of likely N-dealkylation sites (tertiary alicyclic amines) is 1. The van der Waals surface area contributed by atoms with Crippen LogP contribution in [0.15, 0.2) is 35.7 Å². The fourth-order valence-corrected chi connectivity index (χ4v) is 3.68. The van der Waals surface area contributed by atoms with Crippen molar-refractivity contribution in [3.05, 3.63) is 52.7 Å². The predicted molar refractivity (Wildman–Crippen MR) is 87.6 cm³/mol. The van der Waals surface area contributed by atoms with Gasteiger partial charge in [0.05, 0.1) is 12.1 Å². The van der Waals surface area contributed by atoms with Gasteiger partial charge in [0.1, 0.15) is 16.9 Å². The van der Waals surface area contributed by atoms with E-state index in [1.807, 2.05) is 0 Å². The zero-order valence-electron chi connectivity index (χ0n) is 12.5. The fourth-order valence-electron chi connectivity index (χ4n) is 2.92. The number of hydrogen-bond acceptors (Lipinski definition) is 4. The summed E-state index contributed by atoms with van der Waals surface area (Å²) in [5, 5.41) is 14.2. The lowest BCUT2D eigenvalue weighted by atomic mass is 10.0. The van der Waals surface area contributed by atoms with Gasteiger partial charge in [-0.1, -0.05) is 12.1 Å². The smallest absolute Gasteiger partial charge is 0.239 e. The molecule has 2 aromatic rings. The van der Waals surface area contributed by atoms with Crippen LogP contribution < -0.4 is 5.32 Å². The second kappa shape index (κ2) is 6.90. The van der Waals surface area contributed by atoms with Gasteiger partial charge in [-0.05, 0) is 48.5 Å². The molecule has 1 amide bonds. The molecular formula is C17H16FN3OS. The zero-order chi connectivity index (χ0) is 16.2. The Balaban J connectivity index is 1.65. The van der Waals surface area contributed by atoms with Crippen molar-refractivity contribution >= 4 is 22.2 Å². The van der Waals surface area contributed by atoms with Crippen LogP contribution >= 0.6 is 11.3 Å². The average Bonchev–Trinajstić information content (AvgIpc) is 3.17. The maximum Gasteiger partial charge on any atom is 0.239 e. The summed E-state index contributed by atoms with van der Waals surface area (Å²) in [6.07, 6.45) is 1.97. The standard InChI is InChI=1S/C17H16FN3OS/c18-14-5-3-12(4-6-14)15-2-1-8-21(15)11-16(22)20-17-13(10-19)7-9-23-17/h3-7,9,15H,1-2,8,11H2,(H,20,22)/t15-/m0/s1. The molecule has 1 aliphatic heterocycles. The molecule has 1 saturated heterocycles. The fraction of sp³-hybridized carbons (Fsp3) is 0.294. The van der Waals surface area contributed by atoms with Crippen LogP contribution in [0.4, 0.5) is 9.39 Å². The van der Waals surface area contributed by atoms with E-state index in [9.17, 15) is 9.18 Å². The van der Waals surface area contributed by atoms with Crippen LogP contribution in [0.25, 0.3) is 0 Å². The molecule has 0 spiro atoms. The Kier molecular flexibility index (Phi) is 4.70. The summed E-state index contributed by atoms with van der Waals surface area (Å²) in [5.41, 5.74) is 1.52. The number of nitriles is 1. The number of halogens is 1. The van der Waals surface area contributed by atoms with Crippen molar-refractivity contribution in [3.63, 3.8) is 0 Å². The second-order valence-electron chi connectivity index (χ2n) is 5.50. The molecule has 1 atom stereocenters. The van der Waals surface area contributed by atoms with Gasteiger partial charge in [0.25, 0.3) is 0 Å². The zero-order valence-corrected chi connectivity index (χ0v) is 13.3. The SMILES string of the molecule is N#Cc1ccsc1NC(=O)CN1CCC[C@H]1c1ccc(F)cc1. The molecule has 1 aliphatic rings. The molecule has 0 radical (unpaired) electrons. The Hall–Kier alpha value is -2.23. The van der Waals surface area contributed by atoms with E-state index in [-0.39, 0.29) is 24.3 Å². The first-order valence-electron chi connectivity index (χ1n) is 7.44. The molecule has 1 fully saturated rings. The van der Waals surface area contributed by atoms with Gasteiger partial charge in [0.2, 0.25) is 5.91 Å². The van der Waals surface area contributed by atoms with Gasteiger partial charge in [-0.2, -0.15) is 5.26 Å². The van der Waals surface area contributed by atoms with Gasteiger partial charge < -0.3 is 5.32 Å². The third kappa shape index (κ3) is 3.58. The molecule has 1 aromatic heterocycles. The number of rotatable bonds is 4.